The van der Waals surface area contributed by atoms with Gasteiger partial charge in [0, 0.05) is 17.8 Å². The average molecular weight is 239 g/mol. The minimum absolute atomic E-state index is 0.140. The van der Waals surface area contributed by atoms with E-state index in [9.17, 15) is 4.39 Å². The molecule has 1 N–H and O–H groups in total. The molecule has 88 valence electrons. The maximum Gasteiger partial charge on any atom is 0.123 e. The largest absolute Gasteiger partial charge is 0.306 e. The van der Waals surface area contributed by atoms with E-state index in [1.54, 1.807) is 12.1 Å². The Hall–Kier alpha value is -0.540. The summed E-state index contributed by atoms with van der Waals surface area (Å²) in [5.41, 5.74) is 1.07. The van der Waals surface area contributed by atoms with Gasteiger partial charge in [-0.25, -0.2) is 4.39 Å². The Morgan fingerprint density at radius 1 is 1.56 bits per heavy atom. The molecule has 3 heteroatoms. The van der Waals surface area contributed by atoms with Crippen molar-refractivity contribution < 1.29 is 4.39 Å². The second-order valence-corrected chi connectivity index (χ2v) is 5.39. The number of halogens is 1. The van der Waals surface area contributed by atoms with Gasteiger partial charge in [-0.3, -0.25) is 0 Å². The molecule has 0 amide bonds. The van der Waals surface area contributed by atoms with Crippen LogP contribution in [0.1, 0.15) is 31.4 Å². The second kappa shape index (κ2) is 5.69. The van der Waals surface area contributed by atoms with Gasteiger partial charge >= 0.3 is 0 Å². The maximum atomic E-state index is 13.1. The highest BCUT2D eigenvalue weighted by Gasteiger charge is 2.19. The standard InChI is InChI=1S/C13H18FNS/c1-2-13(15-12-6-7-16-9-12)10-4-3-5-11(14)8-10/h3-5,8,12-13,15H,2,6-7,9H2,1H3. The Labute approximate surface area is 101 Å². The monoisotopic (exact) mass is 239 g/mol. The fourth-order valence-electron chi connectivity index (χ4n) is 2.12. The minimum Gasteiger partial charge on any atom is -0.306 e. The van der Waals surface area contributed by atoms with Gasteiger partial charge in [-0.15, -0.1) is 0 Å². The van der Waals surface area contributed by atoms with Crippen LogP contribution < -0.4 is 5.32 Å². The Morgan fingerprint density at radius 2 is 2.44 bits per heavy atom. The van der Waals surface area contributed by atoms with Gasteiger partial charge in [-0.05, 0) is 36.3 Å². The number of rotatable bonds is 4. The quantitative estimate of drug-likeness (QED) is 0.864. The first-order valence-corrected chi connectivity index (χ1v) is 7.04. The number of hydrogen-bond acceptors (Lipinski definition) is 2. The van der Waals surface area contributed by atoms with Gasteiger partial charge in [0.25, 0.3) is 0 Å². The van der Waals surface area contributed by atoms with Crippen LogP contribution in [0.4, 0.5) is 4.39 Å². The van der Waals surface area contributed by atoms with Crippen LogP contribution in [0.5, 0.6) is 0 Å². The molecule has 0 bridgehead atoms. The Bertz CT molecular complexity index is 336. The SMILES string of the molecule is CCC(NC1CCSC1)c1cccc(F)c1. The fourth-order valence-corrected chi connectivity index (χ4v) is 3.29. The van der Waals surface area contributed by atoms with Crippen molar-refractivity contribution >= 4 is 11.8 Å². The molecule has 2 rings (SSSR count). The first-order chi connectivity index (χ1) is 7.79. The third kappa shape index (κ3) is 2.98. The Kier molecular flexibility index (Phi) is 4.24. The molecule has 2 unspecified atom stereocenters. The van der Waals surface area contributed by atoms with E-state index in [1.165, 1.54) is 24.0 Å². The van der Waals surface area contributed by atoms with Gasteiger partial charge in [-0.2, -0.15) is 11.8 Å². The molecular formula is C13H18FNS. The van der Waals surface area contributed by atoms with Crippen molar-refractivity contribution in [1.82, 2.24) is 5.32 Å². The first-order valence-electron chi connectivity index (χ1n) is 5.89. The lowest BCUT2D eigenvalue weighted by atomic mass is 10.0. The molecule has 1 aliphatic rings. The Balaban J connectivity index is 2.03. The highest BCUT2D eigenvalue weighted by molar-refractivity contribution is 7.99. The molecule has 0 aliphatic carbocycles. The molecule has 1 fully saturated rings. The molecule has 2 atom stereocenters. The zero-order chi connectivity index (χ0) is 11.4. The number of nitrogens with one attached hydrogen (secondary N) is 1. The molecule has 0 saturated carbocycles. The molecule has 1 aromatic carbocycles. The van der Waals surface area contributed by atoms with Gasteiger partial charge in [0.1, 0.15) is 5.82 Å². The van der Waals surface area contributed by atoms with Gasteiger partial charge < -0.3 is 5.32 Å². The maximum absolute atomic E-state index is 13.1. The lowest BCUT2D eigenvalue weighted by molar-refractivity contribution is 0.449. The number of thioether (sulfide) groups is 1. The summed E-state index contributed by atoms with van der Waals surface area (Å²) in [6.45, 7) is 2.14. The molecular weight excluding hydrogens is 221 g/mol. The second-order valence-electron chi connectivity index (χ2n) is 4.24. The molecule has 0 radical (unpaired) electrons. The van der Waals surface area contributed by atoms with Crippen molar-refractivity contribution in [3.63, 3.8) is 0 Å². The van der Waals surface area contributed by atoms with E-state index in [1.807, 2.05) is 17.8 Å². The predicted octanol–water partition coefficient (Wildman–Crippen LogP) is 3.37. The van der Waals surface area contributed by atoms with Crippen LogP contribution in [-0.4, -0.2) is 17.5 Å². The normalized spacial score (nSPS) is 22.2. The van der Waals surface area contributed by atoms with Crippen LogP contribution in [-0.2, 0) is 0 Å². The van der Waals surface area contributed by atoms with Crippen molar-refractivity contribution in [2.75, 3.05) is 11.5 Å². The Morgan fingerprint density at radius 3 is 3.06 bits per heavy atom. The molecule has 16 heavy (non-hydrogen) atoms. The van der Waals surface area contributed by atoms with Crippen LogP contribution in [0.3, 0.4) is 0 Å². The molecule has 0 spiro atoms. The van der Waals surface area contributed by atoms with Crippen molar-refractivity contribution in [1.29, 1.82) is 0 Å². The summed E-state index contributed by atoms with van der Waals surface area (Å²) >= 11 is 2.00. The van der Waals surface area contributed by atoms with Crippen LogP contribution in [0.25, 0.3) is 0 Å². The molecule has 1 heterocycles. The van der Waals surface area contributed by atoms with E-state index in [2.05, 4.69) is 12.2 Å². The van der Waals surface area contributed by atoms with E-state index in [0.29, 0.717) is 12.1 Å². The summed E-state index contributed by atoms with van der Waals surface area (Å²) in [6.07, 6.45) is 2.24. The zero-order valence-electron chi connectivity index (χ0n) is 9.58. The van der Waals surface area contributed by atoms with Crippen LogP contribution in [0.2, 0.25) is 0 Å². The van der Waals surface area contributed by atoms with Crippen LogP contribution in [0, 0.1) is 5.82 Å². The van der Waals surface area contributed by atoms with Gasteiger partial charge in [0.15, 0.2) is 0 Å². The summed E-state index contributed by atoms with van der Waals surface area (Å²) < 4.78 is 13.1. The molecule has 1 saturated heterocycles. The van der Waals surface area contributed by atoms with E-state index in [-0.39, 0.29) is 5.82 Å². The van der Waals surface area contributed by atoms with Crippen molar-refractivity contribution in [3.8, 4) is 0 Å². The van der Waals surface area contributed by atoms with E-state index in [4.69, 9.17) is 0 Å². The van der Waals surface area contributed by atoms with E-state index < -0.39 is 0 Å². The predicted molar refractivity (Wildman–Crippen MR) is 68.3 cm³/mol. The summed E-state index contributed by atoms with van der Waals surface area (Å²) in [5.74, 6) is 2.29. The topological polar surface area (TPSA) is 12.0 Å². The van der Waals surface area contributed by atoms with Gasteiger partial charge in [0.2, 0.25) is 0 Å². The summed E-state index contributed by atoms with van der Waals surface area (Å²) in [6, 6.07) is 7.83. The van der Waals surface area contributed by atoms with Crippen molar-refractivity contribution in [2.24, 2.45) is 0 Å². The molecule has 1 aliphatic heterocycles. The lowest BCUT2D eigenvalue weighted by Gasteiger charge is -2.21. The summed E-state index contributed by atoms with van der Waals surface area (Å²) in [7, 11) is 0. The van der Waals surface area contributed by atoms with Crippen LogP contribution >= 0.6 is 11.8 Å². The zero-order valence-corrected chi connectivity index (χ0v) is 10.4. The van der Waals surface area contributed by atoms with Gasteiger partial charge in [0.05, 0.1) is 0 Å². The highest BCUT2D eigenvalue weighted by atomic mass is 32.2. The fraction of sp³-hybridized carbons (Fsp3) is 0.538. The lowest BCUT2D eigenvalue weighted by Crippen LogP contribution is -2.32. The van der Waals surface area contributed by atoms with Crippen LogP contribution in [0.15, 0.2) is 24.3 Å². The van der Waals surface area contributed by atoms with Crippen molar-refractivity contribution in [2.45, 2.75) is 31.8 Å². The third-order valence-corrected chi connectivity index (χ3v) is 4.19. The van der Waals surface area contributed by atoms with E-state index >= 15 is 0 Å². The number of hydrogen-bond donors (Lipinski definition) is 1. The highest BCUT2D eigenvalue weighted by Crippen LogP contribution is 2.23. The molecule has 0 aromatic heterocycles. The average Bonchev–Trinajstić information content (AvgIpc) is 2.78. The summed E-state index contributed by atoms with van der Waals surface area (Å²) in [4.78, 5) is 0. The minimum atomic E-state index is -0.140. The third-order valence-electron chi connectivity index (χ3n) is 3.03. The summed E-state index contributed by atoms with van der Waals surface area (Å²) in [5, 5.41) is 3.62. The van der Waals surface area contributed by atoms with E-state index in [0.717, 1.165) is 12.0 Å². The molecule has 1 aromatic rings. The molecule has 1 nitrogen and oxygen atoms in total. The number of benzene rings is 1. The smallest absolute Gasteiger partial charge is 0.123 e. The van der Waals surface area contributed by atoms with Crippen molar-refractivity contribution in [3.05, 3.63) is 35.6 Å². The van der Waals surface area contributed by atoms with Gasteiger partial charge in [-0.1, -0.05) is 19.1 Å². The first kappa shape index (κ1) is 11.9.